The van der Waals surface area contributed by atoms with Crippen molar-refractivity contribution in [2.24, 2.45) is 0 Å². The van der Waals surface area contributed by atoms with Crippen LogP contribution in [0.15, 0.2) is 48.5 Å². The number of esters is 2. The molecule has 0 fully saturated rings. The molecule has 0 saturated carbocycles. The molecule has 116 valence electrons. The second kappa shape index (κ2) is 6.43. The Morgan fingerprint density at radius 3 is 1.74 bits per heavy atom. The number of carbonyl (C=O) groups excluding carboxylic acids is 2. The summed E-state index contributed by atoms with van der Waals surface area (Å²) in [5, 5.41) is 21.5. The number of nitro benzene ring substituents is 2. The maximum atomic E-state index is 11.9. The first kappa shape index (κ1) is 15.8. The van der Waals surface area contributed by atoms with E-state index in [-0.39, 0.29) is 5.56 Å². The lowest BCUT2D eigenvalue weighted by Gasteiger charge is -2.03. The Kier molecular flexibility index (Phi) is 4.41. The van der Waals surface area contributed by atoms with Gasteiger partial charge in [-0.15, -0.1) is 0 Å². The Morgan fingerprint density at radius 1 is 0.783 bits per heavy atom. The maximum absolute atomic E-state index is 11.9. The van der Waals surface area contributed by atoms with E-state index in [1.165, 1.54) is 12.1 Å². The summed E-state index contributed by atoms with van der Waals surface area (Å²) in [6.07, 6.45) is 0. The minimum atomic E-state index is -1.22. The fourth-order valence-corrected chi connectivity index (χ4v) is 1.70. The highest BCUT2D eigenvalue weighted by Gasteiger charge is 2.22. The van der Waals surface area contributed by atoms with E-state index in [9.17, 15) is 29.8 Å². The first-order chi connectivity index (χ1) is 10.9. The molecule has 2 aromatic carbocycles. The third kappa shape index (κ3) is 3.73. The standard InChI is InChI=1S/C14H8N2O7/c17-13(9-4-2-1-3-5-9)23-14(18)10-6-11(15(19)20)8-12(7-10)16(21)22/h1-8H. The summed E-state index contributed by atoms with van der Waals surface area (Å²) < 4.78 is 4.57. The number of nitro groups is 2. The normalized spacial score (nSPS) is 9.91. The summed E-state index contributed by atoms with van der Waals surface area (Å²) in [7, 11) is 0. The Morgan fingerprint density at radius 2 is 1.26 bits per heavy atom. The van der Waals surface area contributed by atoms with Gasteiger partial charge < -0.3 is 4.74 Å². The summed E-state index contributed by atoms with van der Waals surface area (Å²) in [6.45, 7) is 0. The van der Waals surface area contributed by atoms with E-state index in [4.69, 9.17) is 0 Å². The van der Waals surface area contributed by atoms with Gasteiger partial charge in [-0.1, -0.05) is 18.2 Å². The van der Waals surface area contributed by atoms with Crippen molar-refractivity contribution in [1.82, 2.24) is 0 Å². The topological polar surface area (TPSA) is 130 Å². The van der Waals surface area contributed by atoms with Crippen molar-refractivity contribution in [1.29, 1.82) is 0 Å². The van der Waals surface area contributed by atoms with Crippen LogP contribution in [0, 0.1) is 20.2 Å². The summed E-state index contributed by atoms with van der Waals surface area (Å²) in [6, 6.07) is 9.88. The molecule has 0 aliphatic carbocycles. The van der Waals surface area contributed by atoms with E-state index in [0.717, 1.165) is 12.1 Å². The number of non-ortho nitro benzene ring substituents is 2. The van der Waals surface area contributed by atoms with Crippen LogP contribution in [0.2, 0.25) is 0 Å². The molecule has 0 amide bonds. The minimum Gasteiger partial charge on any atom is -0.386 e. The van der Waals surface area contributed by atoms with E-state index in [2.05, 4.69) is 4.74 Å². The zero-order valence-corrected chi connectivity index (χ0v) is 11.4. The minimum absolute atomic E-state index is 0.0979. The third-order valence-electron chi connectivity index (χ3n) is 2.75. The molecule has 0 aliphatic rings. The van der Waals surface area contributed by atoms with Crippen molar-refractivity contribution < 1.29 is 24.2 Å². The van der Waals surface area contributed by atoms with Crippen LogP contribution in [0.4, 0.5) is 11.4 Å². The lowest BCUT2D eigenvalue weighted by Crippen LogP contribution is -2.13. The molecule has 0 spiro atoms. The number of hydrogen-bond acceptors (Lipinski definition) is 7. The predicted octanol–water partition coefficient (Wildman–Crippen LogP) is 2.50. The van der Waals surface area contributed by atoms with Gasteiger partial charge in [0.05, 0.1) is 27.0 Å². The highest BCUT2D eigenvalue weighted by Crippen LogP contribution is 2.23. The Labute approximate surface area is 128 Å². The maximum Gasteiger partial charge on any atom is 0.346 e. The number of benzene rings is 2. The molecule has 0 heterocycles. The van der Waals surface area contributed by atoms with Gasteiger partial charge in [-0.3, -0.25) is 20.2 Å². The fraction of sp³-hybridized carbons (Fsp3) is 0. The third-order valence-corrected chi connectivity index (χ3v) is 2.75. The van der Waals surface area contributed by atoms with Crippen molar-refractivity contribution in [2.75, 3.05) is 0 Å². The predicted molar refractivity (Wildman–Crippen MR) is 75.9 cm³/mol. The molecule has 0 saturated heterocycles. The van der Waals surface area contributed by atoms with Gasteiger partial charge in [-0.25, -0.2) is 9.59 Å². The molecule has 0 radical (unpaired) electrons. The number of hydrogen-bond donors (Lipinski definition) is 0. The van der Waals surface area contributed by atoms with Crippen LogP contribution < -0.4 is 0 Å². The number of ether oxygens (including phenoxy) is 1. The molecule has 0 unspecified atom stereocenters. The van der Waals surface area contributed by atoms with E-state index in [0.29, 0.717) is 6.07 Å². The van der Waals surface area contributed by atoms with E-state index < -0.39 is 38.7 Å². The first-order valence-electron chi connectivity index (χ1n) is 6.14. The largest absolute Gasteiger partial charge is 0.386 e. The summed E-state index contributed by atoms with van der Waals surface area (Å²) in [4.78, 5) is 43.4. The lowest BCUT2D eigenvalue weighted by molar-refractivity contribution is -0.394. The monoisotopic (exact) mass is 316 g/mol. The number of nitrogens with zero attached hydrogens (tertiary/aromatic N) is 2. The van der Waals surface area contributed by atoms with Gasteiger partial charge in [0.1, 0.15) is 0 Å². The smallest absolute Gasteiger partial charge is 0.346 e. The number of carbonyl (C=O) groups is 2. The first-order valence-corrected chi connectivity index (χ1v) is 6.14. The van der Waals surface area contributed by atoms with Gasteiger partial charge in [0, 0.05) is 12.1 Å². The SMILES string of the molecule is O=C(OC(=O)c1cc([N+](=O)[O-])cc([N+](=O)[O-])c1)c1ccccc1. The lowest BCUT2D eigenvalue weighted by atomic mass is 10.1. The molecule has 0 aromatic heterocycles. The molecule has 0 bridgehead atoms. The van der Waals surface area contributed by atoms with Crippen LogP contribution >= 0.6 is 0 Å². The van der Waals surface area contributed by atoms with Gasteiger partial charge >= 0.3 is 11.9 Å². The van der Waals surface area contributed by atoms with E-state index in [1.54, 1.807) is 18.2 Å². The van der Waals surface area contributed by atoms with Crippen molar-refractivity contribution >= 4 is 23.3 Å². The van der Waals surface area contributed by atoms with Crippen molar-refractivity contribution in [3.63, 3.8) is 0 Å². The molecular weight excluding hydrogens is 308 g/mol. The molecule has 9 heteroatoms. The highest BCUT2D eigenvalue weighted by atomic mass is 16.6. The fourth-order valence-electron chi connectivity index (χ4n) is 1.70. The molecular formula is C14H8N2O7. The Hall–Kier alpha value is -3.62. The van der Waals surface area contributed by atoms with Gasteiger partial charge in [0.15, 0.2) is 0 Å². The summed E-state index contributed by atoms with van der Waals surface area (Å²) >= 11 is 0. The number of rotatable bonds is 4. The second-order valence-electron chi connectivity index (χ2n) is 4.30. The molecule has 9 nitrogen and oxygen atoms in total. The van der Waals surface area contributed by atoms with Crippen molar-refractivity contribution in [2.45, 2.75) is 0 Å². The second-order valence-corrected chi connectivity index (χ2v) is 4.30. The van der Waals surface area contributed by atoms with Gasteiger partial charge in [-0.05, 0) is 12.1 Å². The van der Waals surface area contributed by atoms with Crippen LogP contribution in [0.25, 0.3) is 0 Å². The van der Waals surface area contributed by atoms with Crippen LogP contribution in [0.3, 0.4) is 0 Å². The average Bonchev–Trinajstić information content (AvgIpc) is 2.55. The molecule has 2 rings (SSSR count). The van der Waals surface area contributed by atoms with Crippen LogP contribution in [0.1, 0.15) is 20.7 Å². The van der Waals surface area contributed by atoms with Gasteiger partial charge in [-0.2, -0.15) is 0 Å². The van der Waals surface area contributed by atoms with E-state index in [1.807, 2.05) is 0 Å². The van der Waals surface area contributed by atoms with Crippen LogP contribution in [-0.4, -0.2) is 21.8 Å². The van der Waals surface area contributed by atoms with Crippen LogP contribution in [-0.2, 0) is 4.74 Å². The zero-order valence-electron chi connectivity index (χ0n) is 11.4. The Bertz CT molecular complexity index is 770. The van der Waals surface area contributed by atoms with Crippen molar-refractivity contribution in [3.05, 3.63) is 79.9 Å². The van der Waals surface area contributed by atoms with Crippen molar-refractivity contribution in [3.8, 4) is 0 Å². The molecule has 0 aliphatic heterocycles. The Balaban J connectivity index is 2.30. The molecule has 2 aromatic rings. The van der Waals surface area contributed by atoms with Gasteiger partial charge in [0.25, 0.3) is 11.4 Å². The molecule has 23 heavy (non-hydrogen) atoms. The zero-order chi connectivity index (χ0) is 17.0. The highest BCUT2D eigenvalue weighted by molar-refractivity contribution is 6.03. The molecule has 0 N–H and O–H groups in total. The van der Waals surface area contributed by atoms with Crippen LogP contribution in [0.5, 0.6) is 0 Å². The average molecular weight is 316 g/mol. The molecule has 0 atom stereocenters. The summed E-state index contributed by atoms with van der Waals surface area (Å²) in [5.74, 6) is -2.18. The quantitative estimate of drug-likeness (QED) is 0.366. The van der Waals surface area contributed by atoms with E-state index >= 15 is 0 Å². The van der Waals surface area contributed by atoms with Gasteiger partial charge in [0.2, 0.25) is 0 Å². The summed E-state index contributed by atoms with van der Waals surface area (Å²) in [5.41, 5.74) is -1.67.